The lowest BCUT2D eigenvalue weighted by molar-refractivity contribution is -0.115. The van der Waals surface area contributed by atoms with E-state index in [0.717, 1.165) is 11.3 Å². The number of benzene rings is 1. The Morgan fingerprint density at radius 2 is 2.05 bits per heavy atom. The van der Waals surface area contributed by atoms with Gasteiger partial charge in [-0.25, -0.2) is 4.99 Å². The van der Waals surface area contributed by atoms with Gasteiger partial charge in [0.05, 0.1) is 7.11 Å². The normalized spacial score (nSPS) is 12.1. The van der Waals surface area contributed by atoms with Gasteiger partial charge in [-0.05, 0) is 36.1 Å². The highest BCUT2D eigenvalue weighted by Gasteiger charge is 1.96. The van der Waals surface area contributed by atoms with Crippen LogP contribution in [-0.2, 0) is 4.79 Å². The van der Waals surface area contributed by atoms with E-state index in [-0.39, 0.29) is 5.91 Å². The third kappa shape index (κ3) is 5.92. The van der Waals surface area contributed by atoms with E-state index in [1.165, 1.54) is 17.7 Å². The molecule has 0 aliphatic heterocycles. The van der Waals surface area contributed by atoms with E-state index in [1.807, 2.05) is 24.3 Å². The average Bonchev–Trinajstić information content (AvgIpc) is 2.43. The van der Waals surface area contributed by atoms with Crippen molar-refractivity contribution in [2.24, 2.45) is 4.99 Å². The first-order chi connectivity index (χ1) is 9.15. The van der Waals surface area contributed by atoms with E-state index in [4.69, 9.17) is 4.74 Å². The van der Waals surface area contributed by atoms with Crippen LogP contribution in [-0.4, -0.2) is 18.9 Å². The summed E-state index contributed by atoms with van der Waals surface area (Å²) in [6.45, 7) is 1.70. The minimum absolute atomic E-state index is 0.232. The van der Waals surface area contributed by atoms with Gasteiger partial charge in [0.25, 0.3) is 0 Å². The molecule has 0 aliphatic carbocycles. The second-order valence-corrected chi connectivity index (χ2v) is 3.91. The molecular weight excluding hydrogens is 260 g/mol. The molecule has 0 aromatic heterocycles. The summed E-state index contributed by atoms with van der Waals surface area (Å²) in [6.07, 6.45) is 4.66. The van der Waals surface area contributed by atoms with Gasteiger partial charge in [0, 0.05) is 12.3 Å². The van der Waals surface area contributed by atoms with Crippen LogP contribution in [0, 0.1) is 0 Å². The molecule has 0 bridgehead atoms. The molecule has 5 heteroatoms. The van der Waals surface area contributed by atoms with E-state index in [1.54, 1.807) is 20.1 Å². The van der Waals surface area contributed by atoms with E-state index in [2.05, 4.69) is 22.9 Å². The first kappa shape index (κ1) is 15.0. The summed E-state index contributed by atoms with van der Waals surface area (Å²) in [5.74, 6) is 1.06. The Balaban J connectivity index is 2.58. The molecule has 1 rings (SSSR count). The third-order valence-electron chi connectivity index (χ3n) is 2.18. The number of hydrogen-bond acceptors (Lipinski definition) is 4. The summed E-state index contributed by atoms with van der Waals surface area (Å²) in [7, 11) is 1.61. The Morgan fingerprint density at radius 1 is 1.37 bits per heavy atom. The number of ether oxygens (including phenoxy) is 1. The maximum Gasteiger partial charge on any atom is 0.249 e. The van der Waals surface area contributed by atoms with Gasteiger partial charge in [-0.15, -0.1) is 12.6 Å². The highest BCUT2D eigenvalue weighted by molar-refractivity contribution is 7.83. The molecule has 0 atom stereocenters. The zero-order valence-electron chi connectivity index (χ0n) is 10.8. The molecule has 0 radical (unpaired) electrons. The van der Waals surface area contributed by atoms with Gasteiger partial charge < -0.3 is 10.1 Å². The second kappa shape index (κ2) is 8.16. The lowest BCUT2D eigenvalue weighted by Crippen LogP contribution is -2.26. The number of rotatable bonds is 4. The van der Waals surface area contributed by atoms with Crippen molar-refractivity contribution in [1.82, 2.24) is 5.32 Å². The van der Waals surface area contributed by atoms with Crippen molar-refractivity contribution >= 4 is 30.4 Å². The average molecular weight is 276 g/mol. The molecule has 0 unspecified atom stereocenters. The number of carbonyl (C=O) groups excluding carboxylic acids is 1. The van der Waals surface area contributed by atoms with E-state index in [9.17, 15) is 4.79 Å². The number of nitrogens with one attached hydrogen (secondary N) is 1. The van der Waals surface area contributed by atoms with Crippen LogP contribution in [0.15, 0.2) is 46.9 Å². The quantitative estimate of drug-likeness (QED) is 0.384. The largest absolute Gasteiger partial charge is 0.497 e. The smallest absolute Gasteiger partial charge is 0.249 e. The first-order valence-corrected chi connectivity index (χ1v) is 6.14. The molecule has 1 aromatic rings. The number of amidine groups is 1. The molecule has 0 saturated carbocycles. The lowest BCUT2D eigenvalue weighted by Gasteiger charge is -2.00. The van der Waals surface area contributed by atoms with Crippen LogP contribution >= 0.6 is 12.6 Å². The van der Waals surface area contributed by atoms with Crippen molar-refractivity contribution in [3.05, 3.63) is 47.5 Å². The van der Waals surface area contributed by atoms with Gasteiger partial charge in [0.2, 0.25) is 5.91 Å². The number of nitrogens with zero attached hydrogens (tertiary/aromatic N) is 1. The maximum absolute atomic E-state index is 11.6. The van der Waals surface area contributed by atoms with Crippen LogP contribution < -0.4 is 10.1 Å². The zero-order valence-corrected chi connectivity index (χ0v) is 11.7. The molecule has 0 heterocycles. The fourth-order valence-corrected chi connectivity index (χ4v) is 1.35. The van der Waals surface area contributed by atoms with Crippen LogP contribution in [0.2, 0.25) is 0 Å². The lowest BCUT2D eigenvalue weighted by atomic mass is 10.2. The monoisotopic (exact) mass is 276 g/mol. The second-order valence-electron chi connectivity index (χ2n) is 3.61. The molecule has 4 nitrogen and oxygen atoms in total. The van der Waals surface area contributed by atoms with Gasteiger partial charge in [-0.1, -0.05) is 12.1 Å². The third-order valence-corrected chi connectivity index (χ3v) is 2.32. The van der Waals surface area contributed by atoms with Crippen molar-refractivity contribution in [1.29, 1.82) is 0 Å². The fourth-order valence-electron chi connectivity index (χ4n) is 1.28. The predicted octanol–water partition coefficient (Wildman–Crippen LogP) is 2.64. The summed E-state index contributed by atoms with van der Waals surface area (Å²) in [5, 5.41) is 4.11. The number of methoxy groups -OCH3 is 1. The number of hydrogen-bond donors (Lipinski definition) is 2. The van der Waals surface area contributed by atoms with Gasteiger partial charge in [-0.2, -0.15) is 0 Å². The van der Waals surface area contributed by atoms with E-state index < -0.39 is 0 Å². The molecule has 1 N–H and O–H groups in total. The predicted molar refractivity (Wildman–Crippen MR) is 81.4 cm³/mol. The SMILES string of the molecule is COc1ccc(/C=C/C(=O)NC(C)=N/C=C\S)cc1. The molecular formula is C14H16N2O2S. The van der Waals surface area contributed by atoms with Crippen LogP contribution in [0.1, 0.15) is 12.5 Å². The zero-order chi connectivity index (χ0) is 14.1. The molecule has 1 amide bonds. The minimum Gasteiger partial charge on any atom is -0.497 e. The van der Waals surface area contributed by atoms with Crippen molar-refractivity contribution in [3.8, 4) is 5.75 Å². The summed E-state index contributed by atoms with van der Waals surface area (Å²) < 4.78 is 5.05. The maximum atomic E-state index is 11.6. The summed E-state index contributed by atoms with van der Waals surface area (Å²) >= 11 is 3.87. The molecule has 0 aliphatic rings. The van der Waals surface area contributed by atoms with Crippen molar-refractivity contribution in [2.45, 2.75) is 6.92 Å². The summed E-state index contributed by atoms with van der Waals surface area (Å²) in [4.78, 5) is 15.5. The Kier molecular flexibility index (Phi) is 6.46. The highest BCUT2D eigenvalue weighted by Crippen LogP contribution is 2.12. The summed E-state index contributed by atoms with van der Waals surface area (Å²) in [5.41, 5.74) is 0.917. The summed E-state index contributed by atoms with van der Waals surface area (Å²) in [6, 6.07) is 7.41. The van der Waals surface area contributed by atoms with Crippen molar-refractivity contribution in [2.75, 3.05) is 7.11 Å². The number of thiol groups is 1. The number of carbonyl (C=O) groups is 1. The molecule has 0 fully saturated rings. The number of aliphatic imine (C=N–C) groups is 1. The van der Waals surface area contributed by atoms with Gasteiger partial charge in [-0.3, -0.25) is 4.79 Å². The first-order valence-electron chi connectivity index (χ1n) is 5.62. The minimum atomic E-state index is -0.232. The van der Waals surface area contributed by atoms with Crippen LogP contribution in [0.5, 0.6) is 5.75 Å². The van der Waals surface area contributed by atoms with Crippen LogP contribution in [0.4, 0.5) is 0 Å². The Labute approximate surface area is 118 Å². The Bertz CT molecular complexity index is 505. The molecule has 1 aromatic carbocycles. The Hall–Kier alpha value is -2.01. The topological polar surface area (TPSA) is 50.7 Å². The van der Waals surface area contributed by atoms with Crippen LogP contribution in [0.3, 0.4) is 0 Å². The number of amides is 1. The molecule has 0 saturated heterocycles. The molecule has 100 valence electrons. The van der Waals surface area contributed by atoms with Gasteiger partial charge in [0.1, 0.15) is 11.6 Å². The van der Waals surface area contributed by atoms with Crippen molar-refractivity contribution in [3.63, 3.8) is 0 Å². The van der Waals surface area contributed by atoms with Crippen molar-refractivity contribution < 1.29 is 9.53 Å². The van der Waals surface area contributed by atoms with E-state index in [0.29, 0.717) is 5.84 Å². The van der Waals surface area contributed by atoms with Crippen LogP contribution in [0.25, 0.3) is 6.08 Å². The van der Waals surface area contributed by atoms with Gasteiger partial charge >= 0.3 is 0 Å². The molecule has 19 heavy (non-hydrogen) atoms. The molecule has 0 spiro atoms. The standard InChI is InChI=1S/C14H16N2O2S/c1-11(15-9-10-19)16-14(17)8-5-12-3-6-13(18-2)7-4-12/h3-10,19H,1-2H3,(H,15,16,17)/b8-5+,10-9-. The highest BCUT2D eigenvalue weighted by atomic mass is 32.1. The van der Waals surface area contributed by atoms with E-state index >= 15 is 0 Å². The van der Waals surface area contributed by atoms with Gasteiger partial charge in [0.15, 0.2) is 0 Å². The fraction of sp³-hybridized carbons (Fsp3) is 0.143. The Morgan fingerprint density at radius 3 is 2.63 bits per heavy atom.